The van der Waals surface area contributed by atoms with Gasteiger partial charge in [0.15, 0.2) is 0 Å². The highest BCUT2D eigenvalue weighted by atomic mass is 16.5. The first kappa shape index (κ1) is 15.3. The van der Waals surface area contributed by atoms with Crippen LogP contribution in [0.5, 0.6) is 0 Å². The Morgan fingerprint density at radius 2 is 1.92 bits per heavy atom. The van der Waals surface area contributed by atoms with E-state index in [1.54, 1.807) is 23.5 Å². The third-order valence-corrected chi connectivity index (χ3v) is 4.07. The molecule has 1 unspecified atom stereocenters. The van der Waals surface area contributed by atoms with Crippen LogP contribution in [0.25, 0.3) is 11.5 Å². The van der Waals surface area contributed by atoms with E-state index in [2.05, 4.69) is 30.1 Å². The summed E-state index contributed by atoms with van der Waals surface area (Å²) in [4.78, 5) is 35.1. The highest BCUT2D eigenvalue weighted by Gasteiger charge is 2.33. The van der Waals surface area contributed by atoms with Crippen LogP contribution >= 0.6 is 0 Å². The first-order valence-corrected chi connectivity index (χ1v) is 8.00. The third kappa shape index (κ3) is 3.08. The van der Waals surface area contributed by atoms with Crippen LogP contribution in [-0.4, -0.2) is 47.4 Å². The largest absolute Gasteiger partial charge is 0.337 e. The Morgan fingerprint density at radius 1 is 1.08 bits per heavy atom. The molecule has 9 nitrogen and oxygen atoms in total. The molecule has 0 aliphatic carbocycles. The second-order valence-corrected chi connectivity index (χ2v) is 5.65. The Morgan fingerprint density at radius 3 is 2.68 bits per heavy atom. The Balaban J connectivity index is 1.62. The zero-order valence-corrected chi connectivity index (χ0v) is 13.3. The summed E-state index contributed by atoms with van der Waals surface area (Å²) in [6, 6.07) is -0.277. The second-order valence-electron chi connectivity index (χ2n) is 5.65. The van der Waals surface area contributed by atoms with Gasteiger partial charge in [0, 0.05) is 31.3 Å². The fourth-order valence-corrected chi connectivity index (χ4v) is 2.88. The van der Waals surface area contributed by atoms with Crippen molar-refractivity contribution in [3.8, 4) is 11.5 Å². The summed E-state index contributed by atoms with van der Waals surface area (Å²) >= 11 is 0. The lowest BCUT2D eigenvalue weighted by atomic mass is 10.0. The lowest BCUT2D eigenvalue weighted by Crippen LogP contribution is -2.39. The van der Waals surface area contributed by atoms with Crippen LogP contribution in [0.2, 0.25) is 0 Å². The smallest absolute Gasteiger partial charge is 0.274 e. The van der Waals surface area contributed by atoms with Crippen molar-refractivity contribution in [2.45, 2.75) is 25.3 Å². The van der Waals surface area contributed by atoms with E-state index in [0.29, 0.717) is 29.6 Å². The highest BCUT2D eigenvalue weighted by Crippen LogP contribution is 2.31. The minimum atomic E-state index is -0.277. The summed E-state index contributed by atoms with van der Waals surface area (Å²) in [6.07, 6.45) is 11.9. The maximum absolute atomic E-state index is 12.8. The van der Waals surface area contributed by atoms with Crippen molar-refractivity contribution in [1.82, 2.24) is 35.0 Å². The van der Waals surface area contributed by atoms with E-state index < -0.39 is 0 Å². The van der Waals surface area contributed by atoms with Crippen molar-refractivity contribution in [1.29, 1.82) is 0 Å². The Bertz CT molecular complexity index is 853. The molecule has 0 N–H and O–H groups in total. The lowest BCUT2D eigenvalue weighted by molar-refractivity contribution is 0.0555. The molecule has 0 bridgehead atoms. The summed E-state index contributed by atoms with van der Waals surface area (Å²) < 4.78 is 5.42. The Kier molecular flexibility index (Phi) is 4.11. The van der Waals surface area contributed by atoms with Crippen LogP contribution < -0.4 is 0 Å². The van der Waals surface area contributed by atoms with E-state index in [9.17, 15) is 4.79 Å². The van der Waals surface area contributed by atoms with Gasteiger partial charge in [0.2, 0.25) is 11.7 Å². The molecule has 1 fully saturated rings. The molecule has 3 aromatic heterocycles. The molecule has 1 aliphatic rings. The number of carbonyl (C=O) groups is 1. The van der Waals surface area contributed by atoms with Gasteiger partial charge in [-0.25, -0.2) is 9.97 Å². The van der Waals surface area contributed by atoms with Crippen LogP contribution in [0.3, 0.4) is 0 Å². The van der Waals surface area contributed by atoms with Gasteiger partial charge in [-0.15, -0.1) is 0 Å². The minimum Gasteiger partial charge on any atom is -0.337 e. The molecule has 4 heterocycles. The molecule has 126 valence electrons. The maximum atomic E-state index is 12.8. The van der Waals surface area contributed by atoms with Crippen molar-refractivity contribution in [2.75, 3.05) is 6.54 Å². The average molecular weight is 337 g/mol. The Labute approximate surface area is 143 Å². The van der Waals surface area contributed by atoms with Gasteiger partial charge in [0.1, 0.15) is 17.4 Å². The first-order chi connectivity index (χ1) is 12.3. The van der Waals surface area contributed by atoms with Crippen molar-refractivity contribution < 1.29 is 9.32 Å². The van der Waals surface area contributed by atoms with Crippen LogP contribution in [0.15, 0.2) is 41.7 Å². The van der Waals surface area contributed by atoms with E-state index in [4.69, 9.17) is 4.52 Å². The predicted molar refractivity (Wildman–Crippen MR) is 85.0 cm³/mol. The van der Waals surface area contributed by atoms with Gasteiger partial charge >= 0.3 is 0 Å². The minimum absolute atomic E-state index is 0.183. The number of carbonyl (C=O) groups excluding carboxylic acids is 1. The third-order valence-electron chi connectivity index (χ3n) is 4.07. The SMILES string of the molecule is O=C(c1cnccn1)N1CCCCC1c1nc(-c2cnccn2)no1. The quantitative estimate of drug-likeness (QED) is 0.710. The van der Waals surface area contributed by atoms with Crippen LogP contribution in [0, 0.1) is 0 Å². The summed E-state index contributed by atoms with van der Waals surface area (Å²) in [5, 5.41) is 3.97. The van der Waals surface area contributed by atoms with Crippen molar-refractivity contribution in [2.24, 2.45) is 0 Å². The number of piperidine rings is 1. The fraction of sp³-hybridized carbons (Fsp3) is 0.312. The molecule has 1 atom stereocenters. The molecule has 0 radical (unpaired) electrons. The molecule has 4 rings (SSSR count). The highest BCUT2D eigenvalue weighted by molar-refractivity contribution is 5.92. The first-order valence-electron chi connectivity index (χ1n) is 8.00. The molecule has 3 aromatic rings. The predicted octanol–water partition coefficient (Wildman–Crippen LogP) is 1.68. The van der Waals surface area contributed by atoms with Gasteiger partial charge in [0.25, 0.3) is 5.91 Å². The number of amides is 1. The summed E-state index contributed by atoms with van der Waals surface area (Å²) in [5.41, 5.74) is 0.836. The zero-order chi connectivity index (χ0) is 17.1. The molecule has 0 aromatic carbocycles. The second kappa shape index (κ2) is 6.71. The van der Waals surface area contributed by atoms with Crippen LogP contribution in [0.4, 0.5) is 0 Å². The topological polar surface area (TPSA) is 111 Å². The molecule has 1 amide bonds. The van der Waals surface area contributed by atoms with E-state index in [0.717, 1.165) is 19.3 Å². The fourth-order valence-electron chi connectivity index (χ4n) is 2.88. The maximum Gasteiger partial charge on any atom is 0.274 e. The zero-order valence-electron chi connectivity index (χ0n) is 13.3. The van der Waals surface area contributed by atoms with Crippen molar-refractivity contribution in [3.05, 3.63) is 48.8 Å². The number of rotatable bonds is 3. The van der Waals surface area contributed by atoms with Crippen molar-refractivity contribution >= 4 is 5.91 Å². The number of aromatic nitrogens is 6. The van der Waals surface area contributed by atoms with Gasteiger partial charge in [-0.05, 0) is 19.3 Å². The monoisotopic (exact) mass is 337 g/mol. The summed E-state index contributed by atoms with van der Waals surface area (Å²) in [5.74, 6) is 0.579. The normalized spacial score (nSPS) is 17.4. The number of hydrogen-bond donors (Lipinski definition) is 0. The average Bonchev–Trinajstić information content (AvgIpc) is 3.19. The molecule has 9 heteroatoms. The molecule has 0 saturated carbocycles. The molecule has 1 saturated heterocycles. The molecular formula is C16H15N7O2. The van der Waals surface area contributed by atoms with E-state index in [1.807, 2.05) is 0 Å². The number of nitrogens with zero attached hydrogens (tertiary/aromatic N) is 7. The van der Waals surface area contributed by atoms with E-state index in [-0.39, 0.29) is 11.9 Å². The molecular weight excluding hydrogens is 322 g/mol. The van der Waals surface area contributed by atoms with Gasteiger partial charge in [0.05, 0.1) is 12.4 Å². The van der Waals surface area contributed by atoms with Gasteiger partial charge < -0.3 is 9.42 Å². The molecule has 0 spiro atoms. The Hall–Kier alpha value is -3.23. The number of likely N-dealkylation sites (tertiary alicyclic amines) is 1. The number of hydrogen-bond acceptors (Lipinski definition) is 8. The van der Waals surface area contributed by atoms with Crippen LogP contribution in [0.1, 0.15) is 41.7 Å². The molecule has 1 aliphatic heterocycles. The van der Waals surface area contributed by atoms with E-state index >= 15 is 0 Å². The lowest BCUT2D eigenvalue weighted by Gasteiger charge is -2.33. The van der Waals surface area contributed by atoms with Gasteiger partial charge in [-0.1, -0.05) is 5.16 Å². The van der Waals surface area contributed by atoms with Gasteiger partial charge in [-0.2, -0.15) is 4.98 Å². The van der Waals surface area contributed by atoms with Crippen molar-refractivity contribution in [3.63, 3.8) is 0 Å². The summed E-state index contributed by atoms with van der Waals surface area (Å²) in [7, 11) is 0. The standard InChI is InChI=1S/C16H15N7O2/c24-16(12-10-18-5-7-20-12)23-8-2-1-3-13(23)15-21-14(22-25-15)11-9-17-4-6-19-11/h4-7,9-10,13H,1-3,8H2. The summed E-state index contributed by atoms with van der Waals surface area (Å²) in [6.45, 7) is 0.614. The van der Waals surface area contributed by atoms with Gasteiger partial charge in [-0.3, -0.25) is 14.8 Å². The van der Waals surface area contributed by atoms with E-state index in [1.165, 1.54) is 18.6 Å². The molecule has 25 heavy (non-hydrogen) atoms. The van der Waals surface area contributed by atoms with Crippen LogP contribution in [-0.2, 0) is 0 Å².